The maximum Gasteiger partial charge on any atom is 0.253 e. The zero-order valence-electron chi connectivity index (χ0n) is 30.7. The van der Waals surface area contributed by atoms with Crippen LogP contribution < -0.4 is 0 Å². The van der Waals surface area contributed by atoms with E-state index in [4.69, 9.17) is 15.1 Å². The number of hydrogen-bond acceptors (Lipinski definition) is 3. The molecule has 0 radical (unpaired) electrons. The van der Waals surface area contributed by atoms with Crippen molar-refractivity contribution in [2.24, 2.45) is 0 Å². The Morgan fingerprint density at radius 2 is 0.912 bits per heavy atom. The van der Waals surface area contributed by atoms with Crippen molar-refractivity contribution in [1.82, 2.24) is 28.7 Å². The van der Waals surface area contributed by atoms with Gasteiger partial charge in [-0.05, 0) is 65.7 Å². The molecule has 6 heteroatoms. The maximum atomic E-state index is 5.16. The largest absolute Gasteiger partial charge is 0.309 e. The molecule has 266 valence electrons. The molecule has 12 aromatic rings. The smallest absolute Gasteiger partial charge is 0.253 e. The summed E-state index contributed by atoms with van der Waals surface area (Å²) < 4.78 is 6.68. The van der Waals surface area contributed by atoms with Crippen molar-refractivity contribution < 1.29 is 0 Å². The lowest BCUT2D eigenvalue weighted by Gasteiger charge is -2.12. The van der Waals surface area contributed by atoms with Gasteiger partial charge in [0.2, 0.25) is 0 Å². The molecule has 0 saturated heterocycles. The molecular formula is C51H32N6. The predicted octanol–water partition coefficient (Wildman–Crippen LogP) is 12.5. The molecule has 57 heavy (non-hydrogen) atoms. The fourth-order valence-corrected chi connectivity index (χ4v) is 8.77. The van der Waals surface area contributed by atoms with Crippen LogP contribution in [-0.2, 0) is 0 Å². The molecule has 8 aromatic carbocycles. The summed E-state index contributed by atoms with van der Waals surface area (Å²) in [6.45, 7) is 0. The van der Waals surface area contributed by atoms with E-state index in [0.717, 1.165) is 50.1 Å². The second-order valence-corrected chi connectivity index (χ2v) is 14.5. The van der Waals surface area contributed by atoms with Crippen molar-refractivity contribution in [1.29, 1.82) is 0 Å². The van der Waals surface area contributed by atoms with Crippen LogP contribution in [0, 0.1) is 0 Å². The lowest BCUT2D eigenvalue weighted by Crippen LogP contribution is -1.98. The van der Waals surface area contributed by atoms with Crippen molar-refractivity contribution >= 4 is 60.3 Å². The van der Waals surface area contributed by atoms with Crippen LogP contribution in [0.25, 0.3) is 105 Å². The van der Waals surface area contributed by atoms with Crippen LogP contribution in [0.1, 0.15) is 0 Å². The van der Waals surface area contributed by atoms with E-state index in [9.17, 15) is 0 Å². The molecule has 6 nitrogen and oxygen atoms in total. The number of benzene rings is 8. The van der Waals surface area contributed by atoms with E-state index in [-0.39, 0.29) is 0 Å². The zero-order valence-corrected chi connectivity index (χ0v) is 30.7. The SMILES string of the molecule is c1ccc(-c2cccc(-n3c4ccccc4c4cc5c(cc43)c3ccccc3n5-c3ccccc3-c3nc4nc(-c5ccccc5)c5ccccc5n4n3)c2)cc1. The molecule has 0 spiro atoms. The molecule has 0 fully saturated rings. The van der Waals surface area contributed by atoms with Gasteiger partial charge >= 0.3 is 0 Å². The molecular weight excluding hydrogens is 697 g/mol. The summed E-state index contributed by atoms with van der Waals surface area (Å²) in [5.74, 6) is 1.18. The lowest BCUT2D eigenvalue weighted by atomic mass is 10.1. The van der Waals surface area contributed by atoms with Gasteiger partial charge in [-0.2, -0.15) is 9.50 Å². The first-order chi connectivity index (χ1) is 28.3. The van der Waals surface area contributed by atoms with Crippen LogP contribution in [0.5, 0.6) is 0 Å². The molecule has 0 atom stereocenters. The topological polar surface area (TPSA) is 52.9 Å². The molecule has 0 N–H and O–H groups in total. The molecule has 0 saturated carbocycles. The van der Waals surface area contributed by atoms with Crippen molar-refractivity contribution in [2.45, 2.75) is 0 Å². The van der Waals surface area contributed by atoms with Gasteiger partial charge in [0.05, 0.1) is 39.0 Å². The second-order valence-electron chi connectivity index (χ2n) is 14.5. The van der Waals surface area contributed by atoms with Gasteiger partial charge in [-0.25, -0.2) is 4.98 Å². The predicted molar refractivity (Wildman–Crippen MR) is 233 cm³/mol. The van der Waals surface area contributed by atoms with Crippen LogP contribution in [0.15, 0.2) is 194 Å². The fraction of sp³-hybridized carbons (Fsp3) is 0. The third-order valence-corrected chi connectivity index (χ3v) is 11.3. The Kier molecular flexibility index (Phi) is 6.83. The first-order valence-corrected chi connectivity index (χ1v) is 19.2. The molecule has 0 aliphatic carbocycles. The quantitative estimate of drug-likeness (QED) is 0.177. The van der Waals surface area contributed by atoms with Crippen molar-refractivity contribution in [3.63, 3.8) is 0 Å². The summed E-state index contributed by atoms with van der Waals surface area (Å²) in [5.41, 5.74) is 12.9. The molecule has 0 unspecified atom stereocenters. The highest BCUT2D eigenvalue weighted by Gasteiger charge is 2.22. The summed E-state index contributed by atoms with van der Waals surface area (Å²) >= 11 is 0. The van der Waals surface area contributed by atoms with E-state index in [1.165, 1.54) is 43.7 Å². The van der Waals surface area contributed by atoms with Gasteiger partial charge in [0.25, 0.3) is 5.78 Å². The molecule has 0 amide bonds. The monoisotopic (exact) mass is 728 g/mol. The van der Waals surface area contributed by atoms with E-state index in [2.05, 4.69) is 173 Å². The fourth-order valence-electron chi connectivity index (χ4n) is 8.77. The van der Waals surface area contributed by atoms with E-state index in [1.807, 2.05) is 34.8 Å². The second kappa shape index (κ2) is 12.3. The Bertz CT molecular complexity index is 3520. The summed E-state index contributed by atoms with van der Waals surface area (Å²) in [6, 6.07) is 68.7. The number of aromatic nitrogens is 6. The first-order valence-electron chi connectivity index (χ1n) is 19.2. The van der Waals surface area contributed by atoms with Gasteiger partial charge in [0.15, 0.2) is 5.82 Å². The minimum absolute atomic E-state index is 0.561. The van der Waals surface area contributed by atoms with Crippen LogP contribution in [0.4, 0.5) is 0 Å². The summed E-state index contributed by atoms with van der Waals surface area (Å²) in [7, 11) is 0. The molecule has 0 aliphatic rings. The Labute approximate surface area is 327 Å². The summed E-state index contributed by atoms with van der Waals surface area (Å²) in [5, 5.41) is 10.9. The van der Waals surface area contributed by atoms with Crippen molar-refractivity contribution in [3.8, 4) is 45.1 Å². The van der Waals surface area contributed by atoms with Crippen LogP contribution >= 0.6 is 0 Å². The zero-order chi connectivity index (χ0) is 37.5. The summed E-state index contributed by atoms with van der Waals surface area (Å²) in [6.07, 6.45) is 0. The number of para-hydroxylation sites is 4. The molecule has 0 aliphatic heterocycles. The van der Waals surface area contributed by atoms with Crippen molar-refractivity contribution in [3.05, 3.63) is 194 Å². The maximum absolute atomic E-state index is 5.16. The van der Waals surface area contributed by atoms with E-state index in [0.29, 0.717) is 11.6 Å². The van der Waals surface area contributed by atoms with Gasteiger partial charge in [0.1, 0.15) is 0 Å². The van der Waals surface area contributed by atoms with Gasteiger partial charge in [-0.15, -0.1) is 5.10 Å². The minimum atomic E-state index is 0.561. The number of nitrogens with zero attached hydrogens (tertiary/aromatic N) is 6. The van der Waals surface area contributed by atoms with E-state index < -0.39 is 0 Å². The van der Waals surface area contributed by atoms with Gasteiger partial charge in [-0.3, -0.25) is 0 Å². The molecule has 0 bridgehead atoms. The van der Waals surface area contributed by atoms with Crippen molar-refractivity contribution in [2.75, 3.05) is 0 Å². The molecule has 4 heterocycles. The number of fused-ring (bicyclic) bond motifs is 9. The van der Waals surface area contributed by atoms with Gasteiger partial charge < -0.3 is 9.13 Å². The van der Waals surface area contributed by atoms with Gasteiger partial charge in [-0.1, -0.05) is 140 Å². The minimum Gasteiger partial charge on any atom is -0.309 e. The third kappa shape index (κ3) is 4.81. The Hall–Kier alpha value is -7.83. The van der Waals surface area contributed by atoms with Gasteiger partial charge in [0, 0.05) is 43.7 Å². The van der Waals surface area contributed by atoms with Crippen LogP contribution in [-0.4, -0.2) is 28.7 Å². The molecule has 12 rings (SSSR count). The lowest BCUT2D eigenvalue weighted by molar-refractivity contribution is 0.987. The Morgan fingerprint density at radius 3 is 1.65 bits per heavy atom. The number of hydrogen-bond donors (Lipinski definition) is 0. The highest BCUT2D eigenvalue weighted by molar-refractivity contribution is 6.19. The highest BCUT2D eigenvalue weighted by atomic mass is 15.3. The average molecular weight is 729 g/mol. The first kappa shape index (κ1) is 31.5. The molecule has 4 aromatic heterocycles. The number of rotatable bonds is 5. The Morgan fingerprint density at radius 1 is 0.351 bits per heavy atom. The summed E-state index contributed by atoms with van der Waals surface area (Å²) in [4.78, 5) is 10.2. The normalized spacial score (nSPS) is 11.9. The van der Waals surface area contributed by atoms with Crippen LogP contribution in [0.3, 0.4) is 0 Å². The van der Waals surface area contributed by atoms with Crippen LogP contribution in [0.2, 0.25) is 0 Å². The standard InChI is InChI=1S/C51H32N6/c1-3-16-33(17-4-1)35-20-15-21-36(30-35)55-43-26-11-7-22-37(43)41-32-48-42(31-47(41)55)38-23-8-12-27-44(38)56(48)45-28-13-10-25-40(45)50-53-51-52-49(34-18-5-2-6-19-34)39-24-9-14-29-46(39)57(51)54-50/h1-32H. The highest BCUT2D eigenvalue weighted by Crippen LogP contribution is 2.41. The van der Waals surface area contributed by atoms with E-state index in [1.54, 1.807) is 0 Å². The average Bonchev–Trinajstić information content (AvgIpc) is 3.96. The third-order valence-electron chi connectivity index (χ3n) is 11.3. The Balaban J connectivity index is 1.10. The van der Waals surface area contributed by atoms with E-state index >= 15 is 0 Å².